The SMILES string of the molecule is CCN(CC(=O)N1CCCCC1)CC(C)(C)O. The molecule has 1 aliphatic rings. The van der Waals surface area contributed by atoms with Crippen LogP contribution in [0, 0.1) is 0 Å². The predicted molar refractivity (Wildman–Crippen MR) is 68.8 cm³/mol. The highest BCUT2D eigenvalue weighted by Gasteiger charge is 2.22. The normalized spacial score (nSPS) is 17.6. The van der Waals surface area contributed by atoms with Gasteiger partial charge in [0, 0.05) is 19.6 Å². The highest BCUT2D eigenvalue weighted by atomic mass is 16.3. The lowest BCUT2D eigenvalue weighted by atomic mass is 10.1. The molecule has 0 atom stereocenters. The second-order valence-corrected chi connectivity index (χ2v) is 5.56. The molecule has 4 nitrogen and oxygen atoms in total. The number of nitrogens with zero attached hydrogens (tertiary/aromatic N) is 2. The van der Waals surface area contributed by atoms with Crippen molar-refractivity contribution in [2.24, 2.45) is 0 Å². The van der Waals surface area contributed by atoms with Crippen molar-refractivity contribution >= 4 is 5.91 Å². The molecule has 0 radical (unpaired) electrons. The van der Waals surface area contributed by atoms with Gasteiger partial charge in [-0.1, -0.05) is 6.92 Å². The van der Waals surface area contributed by atoms with Crippen molar-refractivity contribution in [1.82, 2.24) is 9.80 Å². The minimum absolute atomic E-state index is 0.204. The Morgan fingerprint density at radius 3 is 2.35 bits per heavy atom. The number of carbonyl (C=O) groups excluding carboxylic acids is 1. The van der Waals surface area contributed by atoms with Gasteiger partial charge in [0.1, 0.15) is 0 Å². The second kappa shape index (κ2) is 6.36. The van der Waals surface area contributed by atoms with Crippen LogP contribution in [0.3, 0.4) is 0 Å². The Kier molecular flexibility index (Phi) is 5.40. The van der Waals surface area contributed by atoms with Crippen molar-refractivity contribution in [3.63, 3.8) is 0 Å². The lowest BCUT2D eigenvalue weighted by molar-refractivity contribution is -0.133. The summed E-state index contributed by atoms with van der Waals surface area (Å²) in [5.41, 5.74) is -0.738. The van der Waals surface area contributed by atoms with Gasteiger partial charge >= 0.3 is 0 Å². The van der Waals surface area contributed by atoms with Gasteiger partial charge in [0.05, 0.1) is 12.1 Å². The van der Waals surface area contributed by atoms with Gasteiger partial charge in [-0.05, 0) is 39.7 Å². The predicted octanol–water partition coefficient (Wildman–Crippen LogP) is 1.09. The molecular formula is C13H26N2O2. The average molecular weight is 242 g/mol. The van der Waals surface area contributed by atoms with Gasteiger partial charge < -0.3 is 10.0 Å². The standard InChI is InChI=1S/C13H26N2O2/c1-4-14(11-13(2,3)17)10-12(16)15-8-6-5-7-9-15/h17H,4-11H2,1-3H3. The maximum atomic E-state index is 12.1. The van der Waals surface area contributed by atoms with Crippen LogP contribution in [0.4, 0.5) is 0 Å². The third-order valence-corrected chi connectivity index (χ3v) is 3.13. The number of amides is 1. The quantitative estimate of drug-likeness (QED) is 0.785. The zero-order chi connectivity index (χ0) is 12.9. The van der Waals surface area contributed by atoms with Crippen molar-refractivity contribution in [3.8, 4) is 0 Å². The first-order chi connectivity index (χ1) is 7.92. The molecule has 0 aliphatic carbocycles. The van der Waals surface area contributed by atoms with Crippen LogP contribution in [0.25, 0.3) is 0 Å². The topological polar surface area (TPSA) is 43.8 Å². The largest absolute Gasteiger partial charge is 0.389 e. The van der Waals surface area contributed by atoms with Crippen molar-refractivity contribution in [2.75, 3.05) is 32.7 Å². The summed E-state index contributed by atoms with van der Waals surface area (Å²) < 4.78 is 0. The molecule has 0 unspecified atom stereocenters. The molecule has 1 aliphatic heterocycles. The fraction of sp³-hybridized carbons (Fsp3) is 0.923. The summed E-state index contributed by atoms with van der Waals surface area (Å²) in [6.07, 6.45) is 3.50. The zero-order valence-corrected chi connectivity index (χ0v) is 11.4. The summed E-state index contributed by atoms with van der Waals surface area (Å²) >= 11 is 0. The van der Waals surface area contributed by atoms with E-state index in [1.807, 2.05) is 16.7 Å². The van der Waals surface area contributed by atoms with Crippen molar-refractivity contribution in [3.05, 3.63) is 0 Å². The first-order valence-electron chi connectivity index (χ1n) is 6.65. The summed E-state index contributed by atoms with van der Waals surface area (Å²) in [4.78, 5) is 16.0. The van der Waals surface area contributed by atoms with Crippen LogP contribution in [-0.4, -0.2) is 59.1 Å². The van der Waals surface area contributed by atoms with Crippen LogP contribution in [0.2, 0.25) is 0 Å². The molecule has 0 bridgehead atoms. The van der Waals surface area contributed by atoms with Crippen LogP contribution in [-0.2, 0) is 4.79 Å². The van der Waals surface area contributed by atoms with Gasteiger partial charge in [-0.3, -0.25) is 9.69 Å². The molecule has 0 aromatic rings. The third kappa shape index (κ3) is 5.50. The molecule has 100 valence electrons. The van der Waals surface area contributed by atoms with Gasteiger partial charge in [-0.2, -0.15) is 0 Å². The first kappa shape index (κ1) is 14.5. The average Bonchev–Trinajstić information content (AvgIpc) is 2.27. The smallest absolute Gasteiger partial charge is 0.236 e. The Labute approximate surface area is 105 Å². The number of aliphatic hydroxyl groups is 1. The second-order valence-electron chi connectivity index (χ2n) is 5.56. The molecule has 0 saturated carbocycles. The number of likely N-dealkylation sites (tertiary alicyclic amines) is 1. The number of piperidine rings is 1. The summed E-state index contributed by atoms with van der Waals surface area (Å²) in [7, 11) is 0. The van der Waals surface area contributed by atoms with Crippen LogP contribution in [0.5, 0.6) is 0 Å². The monoisotopic (exact) mass is 242 g/mol. The van der Waals surface area contributed by atoms with Crippen LogP contribution in [0.15, 0.2) is 0 Å². The molecule has 1 N–H and O–H groups in total. The van der Waals surface area contributed by atoms with E-state index in [1.165, 1.54) is 6.42 Å². The number of carbonyl (C=O) groups is 1. The van der Waals surface area contributed by atoms with E-state index in [0.717, 1.165) is 32.5 Å². The molecule has 0 aromatic heterocycles. The van der Waals surface area contributed by atoms with E-state index in [-0.39, 0.29) is 5.91 Å². The van der Waals surface area contributed by atoms with E-state index in [4.69, 9.17) is 0 Å². The van der Waals surface area contributed by atoms with Crippen LogP contribution >= 0.6 is 0 Å². The maximum absolute atomic E-state index is 12.1. The van der Waals surface area contributed by atoms with E-state index in [1.54, 1.807) is 13.8 Å². The molecular weight excluding hydrogens is 216 g/mol. The molecule has 1 heterocycles. The minimum atomic E-state index is -0.738. The molecule has 1 fully saturated rings. The van der Waals surface area contributed by atoms with E-state index in [2.05, 4.69) is 0 Å². The molecule has 17 heavy (non-hydrogen) atoms. The van der Waals surface area contributed by atoms with Crippen molar-refractivity contribution in [2.45, 2.75) is 45.6 Å². The molecule has 0 aromatic carbocycles. The van der Waals surface area contributed by atoms with E-state index in [9.17, 15) is 9.90 Å². The lowest BCUT2D eigenvalue weighted by Gasteiger charge is -2.31. The highest BCUT2D eigenvalue weighted by Crippen LogP contribution is 2.10. The summed E-state index contributed by atoms with van der Waals surface area (Å²) in [5, 5.41) is 9.78. The number of hydrogen-bond donors (Lipinski definition) is 1. The van der Waals surface area contributed by atoms with E-state index in [0.29, 0.717) is 13.1 Å². The van der Waals surface area contributed by atoms with Gasteiger partial charge in [0.2, 0.25) is 5.91 Å². The van der Waals surface area contributed by atoms with Gasteiger partial charge in [-0.25, -0.2) is 0 Å². The van der Waals surface area contributed by atoms with Crippen molar-refractivity contribution < 1.29 is 9.90 Å². The Morgan fingerprint density at radius 2 is 1.88 bits per heavy atom. The van der Waals surface area contributed by atoms with Crippen LogP contribution < -0.4 is 0 Å². The molecule has 0 spiro atoms. The molecule has 1 saturated heterocycles. The Morgan fingerprint density at radius 1 is 1.29 bits per heavy atom. The van der Waals surface area contributed by atoms with Gasteiger partial charge in [0.25, 0.3) is 0 Å². The Balaban J connectivity index is 2.41. The summed E-state index contributed by atoms with van der Waals surface area (Å²) in [6, 6.07) is 0. The highest BCUT2D eigenvalue weighted by molar-refractivity contribution is 5.78. The van der Waals surface area contributed by atoms with E-state index < -0.39 is 5.60 Å². The molecule has 1 rings (SSSR count). The summed E-state index contributed by atoms with van der Waals surface area (Å²) in [5.74, 6) is 0.204. The fourth-order valence-electron chi connectivity index (χ4n) is 2.26. The molecule has 4 heteroatoms. The lowest BCUT2D eigenvalue weighted by Crippen LogP contribution is -2.46. The van der Waals surface area contributed by atoms with E-state index >= 15 is 0 Å². The van der Waals surface area contributed by atoms with Crippen molar-refractivity contribution in [1.29, 1.82) is 0 Å². The van der Waals surface area contributed by atoms with Gasteiger partial charge in [-0.15, -0.1) is 0 Å². The number of hydrogen-bond acceptors (Lipinski definition) is 3. The minimum Gasteiger partial charge on any atom is -0.389 e. The fourth-order valence-corrected chi connectivity index (χ4v) is 2.26. The Bertz CT molecular complexity index is 242. The maximum Gasteiger partial charge on any atom is 0.236 e. The number of likely N-dealkylation sites (N-methyl/N-ethyl adjacent to an activating group) is 1. The number of rotatable bonds is 5. The zero-order valence-electron chi connectivity index (χ0n) is 11.4. The molecule has 1 amide bonds. The Hall–Kier alpha value is -0.610. The third-order valence-electron chi connectivity index (χ3n) is 3.13. The van der Waals surface area contributed by atoms with Gasteiger partial charge in [0.15, 0.2) is 0 Å². The summed E-state index contributed by atoms with van der Waals surface area (Å²) in [6.45, 7) is 9.15. The van der Waals surface area contributed by atoms with Crippen LogP contribution in [0.1, 0.15) is 40.0 Å². The first-order valence-corrected chi connectivity index (χ1v) is 6.65.